The van der Waals surface area contributed by atoms with Gasteiger partial charge in [0.25, 0.3) is 0 Å². The first kappa shape index (κ1) is 13.1. The molecule has 0 amide bonds. The van der Waals surface area contributed by atoms with E-state index in [-0.39, 0.29) is 0 Å². The first-order valence-corrected chi connectivity index (χ1v) is 7.84. The van der Waals surface area contributed by atoms with Crippen molar-refractivity contribution in [3.63, 3.8) is 0 Å². The minimum atomic E-state index is 0.303. The predicted molar refractivity (Wildman–Crippen MR) is 75.6 cm³/mol. The van der Waals surface area contributed by atoms with E-state index in [0.717, 1.165) is 17.7 Å². The van der Waals surface area contributed by atoms with Gasteiger partial charge in [0.2, 0.25) is 0 Å². The Labute approximate surface area is 116 Å². The average molecular weight is 262 g/mol. The second-order valence-corrected chi connectivity index (χ2v) is 6.50. The maximum atomic E-state index is 4.21. The molecule has 106 valence electrons. The lowest BCUT2D eigenvalue weighted by molar-refractivity contribution is 0.138. The van der Waals surface area contributed by atoms with Crippen molar-refractivity contribution in [3.8, 4) is 0 Å². The summed E-state index contributed by atoms with van der Waals surface area (Å²) in [6, 6.07) is 0.976. The highest BCUT2D eigenvalue weighted by molar-refractivity contribution is 4.95. The highest BCUT2D eigenvalue weighted by atomic mass is 15.3. The summed E-state index contributed by atoms with van der Waals surface area (Å²) in [4.78, 5) is 0. The maximum Gasteiger partial charge on any atom is 0.149 e. The van der Waals surface area contributed by atoms with Crippen molar-refractivity contribution in [3.05, 3.63) is 12.2 Å². The minimum Gasteiger partial charge on any atom is -0.319 e. The molecule has 0 aromatic carbocycles. The van der Waals surface area contributed by atoms with E-state index in [1.807, 2.05) is 11.6 Å². The Bertz CT molecular complexity index is 414. The molecule has 2 aliphatic carbocycles. The Hall–Kier alpha value is -0.900. The molecule has 0 radical (unpaired) electrons. The molecule has 2 fully saturated rings. The second-order valence-electron chi connectivity index (χ2n) is 6.50. The molecular weight excluding hydrogens is 236 g/mol. The van der Waals surface area contributed by atoms with Gasteiger partial charge in [0.15, 0.2) is 0 Å². The lowest BCUT2D eigenvalue weighted by Crippen LogP contribution is -2.40. The minimum absolute atomic E-state index is 0.303. The lowest BCUT2D eigenvalue weighted by atomic mass is 9.69. The zero-order valence-corrected chi connectivity index (χ0v) is 12.2. The Morgan fingerprint density at radius 2 is 2.00 bits per heavy atom. The van der Waals surface area contributed by atoms with Crippen LogP contribution in [0.15, 0.2) is 6.33 Å². The zero-order valence-electron chi connectivity index (χ0n) is 12.2. The molecule has 1 aromatic rings. The van der Waals surface area contributed by atoms with Gasteiger partial charge in [-0.15, -0.1) is 10.2 Å². The number of aryl methyl sites for hydroxylation is 1. The van der Waals surface area contributed by atoms with E-state index >= 15 is 0 Å². The molecule has 1 N–H and O–H groups in total. The number of nitrogens with one attached hydrogen (secondary N) is 1. The fraction of sp³-hybridized carbons (Fsp3) is 0.867. The molecule has 4 heteroatoms. The van der Waals surface area contributed by atoms with Crippen LogP contribution in [0.5, 0.6) is 0 Å². The van der Waals surface area contributed by atoms with Crippen molar-refractivity contribution < 1.29 is 0 Å². The summed E-state index contributed by atoms with van der Waals surface area (Å²) in [5.41, 5.74) is 0. The van der Waals surface area contributed by atoms with Crippen LogP contribution in [0.25, 0.3) is 0 Å². The van der Waals surface area contributed by atoms with Crippen LogP contribution in [0, 0.1) is 11.8 Å². The highest BCUT2D eigenvalue weighted by Crippen LogP contribution is 2.40. The molecule has 0 saturated heterocycles. The van der Waals surface area contributed by atoms with E-state index in [2.05, 4.69) is 22.4 Å². The van der Waals surface area contributed by atoms with Crippen molar-refractivity contribution in [1.82, 2.24) is 20.1 Å². The van der Waals surface area contributed by atoms with Gasteiger partial charge in [-0.2, -0.15) is 0 Å². The van der Waals surface area contributed by atoms with E-state index in [4.69, 9.17) is 0 Å². The fourth-order valence-electron chi connectivity index (χ4n) is 4.14. The van der Waals surface area contributed by atoms with Gasteiger partial charge < -0.3 is 9.88 Å². The monoisotopic (exact) mass is 262 g/mol. The standard InChI is InChI=1S/C15H26N4/c1-11(15-18-16-10-19(15)2)17-14-8-7-12-5-3-4-6-13(12)9-14/h10-14,17H,3-9H2,1-2H3. The van der Waals surface area contributed by atoms with Crippen LogP contribution in [0.3, 0.4) is 0 Å². The van der Waals surface area contributed by atoms with Crippen molar-refractivity contribution >= 4 is 0 Å². The molecule has 1 aromatic heterocycles. The smallest absolute Gasteiger partial charge is 0.149 e. The first-order valence-electron chi connectivity index (χ1n) is 7.84. The van der Waals surface area contributed by atoms with Gasteiger partial charge in [-0.3, -0.25) is 0 Å². The summed E-state index contributed by atoms with van der Waals surface area (Å²) in [5, 5.41) is 12.0. The van der Waals surface area contributed by atoms with Gasteiger partial charge in [0.05, 0.1) is 6.04 Å². The largest absolute Gasteiger partial charge is 0.319 e. The Balaban J connectivity index is 1.57. The molecule has 2 saturated carbocycles. The molecular formula is C15H26N4. The van der Waals surface area contributed by atoms with Crippen molar-refractivity contribution in [2.24, 2.45) is 18.9 Å². The molecule has 4 unspecified atom stereocenters. The average Bonchev–Trinajstić information content (AvgIpc) is 2.85. The van der Waals surface area contributed by atoms with Gasteiger partial charge in [0, 0.05) is 13.1 Å². The lowest BCUT2D eigenvalue weighted by Gasteiger charge is -2.40. The molecule has 0 aliphatic heterocycles. The Kier molecular flexibility index (Phi) is 3.87. The van der Waals surface area contributed by atoms with Crippen LogP contribution in [0.4, 0.5) is 0 Å². The van der Waals surface area contributed by atoms with E-state index in [1.54, 1.807) is 6.33 Å². The quantitative estimate of drug-likeness (QED) is 0.911. The van der Waals surface area contributed by atoms with E-state index in [9.17, 15) is 0 Å². The number of nitrogens with zero attached hydrogens (tertiary/aromatic N) is 3. The van der Waals surface area contributed by atoms with Crippen LogP contribution >= 0.6 is 0 Å². The highest BCUT2D eigenvalue weighted by Gasteiger charge is 2.32. The molecule has 2 aliphatic rings. The van der Waals surface area contributed by atoms with Gasteiger partial charge in [0.1, 0.15) is 12.2 Å². The number of aromatic nitrogens is 3. The fourth-order valence-corrected chi connectivity index (χ4v) is 4.14. The Morgan fingerprint density at radius 1 is 1.21 bits per heavy atom. The van der Waals surface area contributed by atoms with Crippen LogP contribution < -0.4 is 5.32 Å². The normalized spacial score (nSPS) is 32.8. The summed E-state index contributed by atoms with van der Waals surface area (Å²) in [5.74, 6) is 3.05. The molecule has 4 nitrogen and oxygen atoms in total. The number of rotatable bonds is 3. The SMILES string of the molecule is CC(NC1CCC2CCCCC2C1)c1nncn1C. The summed E-state index contributed by atoms with van der Waals surface area (Å²) in [7, 11) is 2.02. The predicted octanol–water partition coefficient (Wildman–Crippen LogP) is 2.82. The van der Waals surface area contributed by atoms with E-state index in [1.165, 1.54) is 44.9 Å². The van der Waals surface area contributed by atoms with Crippen molar-refractivity contribution in [2.75, 3.05) is 0 Å². The molecule has 0 spiro atoms. The van der Waals surface area contributed by atoms with Crippen LogP contribution in [0.2, 0.25) is 0 Å². The summed E-state index contributed by atoms with van der Waals surface area (Å²) in [6.45, 7) is 2.21. The number of fused-ring (bicyclic) bond motifs is 1. The molecule has 3 rings (SSSR count). The molecule has 4 atom stereocenters. The van der Waals surface area contributed by atoms with Gasteiger partial charge in [-0.05, 0) is 38.0 Å². The van der Waals surface area contributed by atoms with Gasteiger partial charge >= 0.3 is 0 Å². The summed E-state index contributed by atoms with van der Waals surface area (Å²) >= 11 is 0. The summed E-state index contributed by atoms with van der Waals surface area (Å²) in [6.07, 6.45) is 11.8. The number of hydrogen-bond acceptors (Lipinski definition) is 3. The van der Waals surface area contributed by atoms with Crippen LogP contribution in [-0.2, 0) is 7.05 Å². The molecule has 0 bridgehead atoms. The second kappa shape index (κ2) is 5.61. The third kappa shape index (κ3) is 2.83. The van der Waals surface area contributed by atoms with Gasteiger partial charge in [-0.1, -0.05) is 25.7 Å². The molecule has 1 heterocycles. The maximum absolute atomic E-state index is 4.21. The Morgan fingerprint density at radius 3 is 2.74 bits per heavy atom. The summed E-state index contributed by atoms with van der Waals surface area (Å²) < 4.78 is 2.02. The van der Waals surface area contributed by atoms with Crippen LogP contribution in [0.1, 0.15) is 63.7 Å². The van der Waals surface area contributed by atoms with E-state index in [0.29, 0.717) is 12.1 Å². The zero-order chi connectivity index (χ0) is 13.2. The van der Waals surface area contributed by atoms with Crippen LogP contribution in [-0.4, -0.2) is 20.8 Å². The third-order valence-corrected chi connectivity index (χ3v) is 5.16. The van der Waals surface area contributed by atoms with Crippen molar-refractivity contribution in [2.45, 2.75) is 64.0 Å². The number of hydrogen-bond donors (Lipinski definition) is 1. The van der Waals surface area contributed by atoms with Gasteiger partial charge in [-0.25, -0.2) is 0 Å². The topological polar surface area (TPSA) is 42.7 Å². The van der Waals surface area contributed by atoms with E-state index < -0.39 is 0 Å². The first-order chi connectivity index (χ1) is 9.24. The molecule has 19 heavy (non-hydrogen) atoms. The third-order valence-electron chi connectivity index (χ3n) is 5.16. The van der Waals surface area contributed by atoms with Crippen molar-refractivity contribution in [1.29, 1.82) is 0 Å².